The van der Waals surface area contributed by atoms with Gasteiger partial charge in [-0.2, -0.15) is 0 Å². The van der Waals surface area contributed by atoms with Crippen LogP contribution in [0.25, 0.3) is 0 Å². The zero-order valence-electron chi connectivity index (χ0n) is 11.6. The van der Waals surface area contributed by atoms with Gasteiger partial charge >= 0.3 is 0 Å². The Bertz CT molecular complexity index is 678. The molecule has 0 radical (unpaired) electrons. The van der Waals surface area contributed by atoms with Gasteiger partial charge in [-0.05, 0) is 39.6 Å². The van der Waals surface area contributed by atoms with Crippen LogP contribution in [0.2, 0.25) is 0 Å². The number of rotatable bonds is 6. The Morgan fingerprint density at radius 3 is 2.76 bits per heavy atom. The van der Waals surface area contributed by atoms with Crippen LogP contribution >= 0.6 is 11.3 Å². The maximum Gasteiger partial charge on any atom is 0.242 e. The van der Waals surface area contributed by atoms with Crippen molar-refractivity contribution >= 4 is 17.3 Å². The molecule has 7 heteroatoms. The van der Waals surface area contributed by atoms with Gasteiger partial charge in [0.15, 0.2) is 0 Å². The van der Waals surface area contributed by atoms with Crippen LogP contribution in [-0.4, -0.2) is 20.2 Å². The number of hydrogen-bond acceptors (Lipinski definition) is 6. The maximum absolute atomic E-state index is 5.73. The molecule has 1 N–H and O–H groups in total. The molecule has 2 heterocycles. The second kappa shape index (κ2) is 6.36. The van der Waals surface area contributed by atoms with E-state index < -0.39 is 0 Å². The van der Waals surface area contributed by atoms with Crippen LogP contribution < -0.4 is 10.1 Å². The highest BCUT2D eigenvalue weighted by Gasteiger charge is 2.02. The van der Waals surface area contributed by atoms with E-state index in [-0.39, 0.29) is 0 Å². The predicted octanol–water partition coefficient (Wildman–Crippen LogP) is 2.46. The Kier molecular flexibility index (Phi) is 4.11. The van der Waals surface area contributed by atoms with E-state index in [4.69, 9.17) is 4.74 Å². The standard InChI is InChI=1S/C14H15N5OS/c1-19-14(16-17-18-19)15-9-11-4-6-12(7-5-11)20-10-13-3-2-8-21-13/h2-8H,9-10H2,1H3,(H,15,16,18). The fourth-order valence-electron chi connectivity index (χ4n) is 1.81. The quantitative estimate of drug-likeness (QED) is 0.757. The molecule has 0 bridgehead atoms. The van der Waals surface area contributed by atoms with Gasteiger partial charge in [0.1, 0.15) is 12.4 Å². The van der Waals surface area contributed by atoms with Crippen molar-refractivity contribution in [2.75, 3.05) is 5.32 Å². The fraction of sp³-hybridized carbons (Fsp3) is 0.214. The predicted molar refractivity (Wildman–Crippen MR) is 81.2 cm³/mol. The van der Waals surface area contributed by atoms with E-state index in [9.17, 15) is 0 Å². The first kappa shape index (κ1) is 13.6. The van der Waals surface area contributed by atoms with Crippen LogP contribution in [0.3, 0.4) is 0 Å². The van der Waals surface area contributed by atoms with Gasteiger partial charge in [0.25, 0.3) is 0 Å². The average molecular weight is 301 g/mol. The van der Waals surface area contributed by atoms with Gasteiger partial charge in [0.2, 0.25) is 5.95 Å². The van der Waals surface area contributed by atoms with Crippen molar-refractivity contribution in [3.05, 3.63) is 52.2 Å². The van der Waals surface area contributed by atoms with Crippen molar-refractivity contribution < 1.29 is 4.74 Å². The summed E-state index contributed by atoms with van der Waals surface area (Å²) in [6.45, 7) is 1.28. The normalized spacial score (nSPS) is 10.5. The number of anilines is 1. The summed E-state index contributed by atoms with van der Waals surface area (Å²) in [5.41, 5.74) is 1.14. The number of benzene rings is 1. The molecule has 108 valence electrons. The number of tetrazole rings is 1. The SMILES string of the molecule is Cn1nnnc1NCc1ccc(OCc2cccs2)cc1. The summed E-state index contributed by atoms with van der Waals surface area (Å²) in [5, 5.41) is 16.4. The highest BCUT2D eigenvalue weighted by molar-refractivity contribution is 7.09. The van der Waals surface area contributed by atoms with E-state index >= 15 is 0 Å². The van der Waals surface area contributed by atoms with Crippen LogP contribution in [0, 0.1) is 0 Å². The van der Waals surface area contributed by atoms with Crippen molar-refractivity contribution in [3.63, 3.8) is 0 Å². The molecule has 3 rings (SSSR count). The lowest BCUT2D eigenvalue weighted by molar-refractivity contribution is 0.310. The number of hydrogen-bond donors (Lipinski definition) is 1. The molecular formula is C14H15N5OS. The van der Waals surface area contributed by atoms with Crippen molar-refractivity contribution in [1.82, 2.24) is 20.2 Å². The summed E-state index contributed by atoms with van der Waals surface area (Å²) >= 11 is 1.70. The van der Waals surface area contributed by atoms with Crippen LogP contribution in [0.4, 0.5) is 5.95 Å². The van der Waals surface area contributed by atoms with Crippen molar-refractivity contribution in [3.8, 4) is 5.75 Å². The first-order valence-corrected chi connectivity index (χ1v) is 7.39. The van der Waals surface area contributed by atoms with E-state index in [1.807, 2.05) is 30.3 Å². The molecule has 0 aliphatic heterocycles. The van der Waals surface area contributed by atoms with Crippen LogP contribution in [0.15, 0.2) is 41.8 Å². The van der Waals surface area contributed by atoms with Gasteiger partial charge < -0.3 is 10.1 Å². The topological polar surface area (TPSA) is 64.9 Å². The van der Waals surface area contributed by atoms with Crippen molar-refractivity contribution in [2.45, 2.75) is 13.2 Å². The van der Waals surface area contributed by atoms with E-state index in [0.29, 0.717) is 19.1 Å². The molecular weight excluding hydrogens is 286 g/mol. The molecule has 6 nitrogen and oxygen atoms in total. The van der Waals surface area contributed by atoms with Crippen LogP contribution in [0.5, 0.6) is 5.75 Å². The molecule has 0 fully saturated rings. The van der Waals surface area contributed by atoms with E-state index in [1.54, 1.807) is 23.1 Å². The van der Waals surface area contributed by atoms with E-state index in [2.05, 4.69) is 32.3 Å². The fourth-order valence-corrected chi connectivity index (χ4v) is 2.43. The van der Waals surface area contributed by atoms with E-state index in [0.717, 1.165) is 11.3 Å². The van der Waals surface area contributed by atoms with Crippen LogP contribution in [-0.2, 0) is 20.2 Å². The van der Waals surface area contributed by atoms with Gasteiger partial charge in [0, 0.05) is 18.5 Å². The highest BCUT2D eigenvalue weighted by Crippen LogP contribution is 2.16. The summed E-state index contributed by atoms with van der Waals surface area (Å²) in [5.74, 6) is 1.51. The Morgan fingerprint density at radius 2 is 2.10 bits per heavy atom. The zero-order chi connectivity index (χ0) is 14.5. The molecule has 0 saturated carbocycles. The number of nitrogens with zero attached hydrogens (tertiary/aromatic N) is 4. The van der Waals surface area contributed by atoms with Gasteiger partial charge in [-0.3, -0.25) is 0 Å². The molecule has 0 aliphatic carbocycles. The molecule has 0 aliphatic rings. The number of ether oxygens (including phenoxy) is 1. The lowest BCUT2D eigenvalue weighted by Gasteiger charge is -2.07. The smallest absolute Gasteiger partial charge is 0.242 e. The molecule has 2 aromatic heterocycles. The molecule has 0 saturated heterocycles. The molecule has 0 atom stereocenters. The minimum absolute atomic E-state index is 0.611. The zero-order valence-corrected chi connectivity index (χ0v) is 12.4. The lowest BCUT2D eigenvalue weighted by atomic mass is 10.2. The average Bonchev–Trinajstić information content (AvgIpc) is 3.16. The minimum atomic E-state index is 0.611. The third-order valence-electron chi connectivity index (χ3n) is 2.96. The maximum atomic E-state index is 5.73. The molecule has 3 aromatic rings. The third-order valence-corrected chi connectivity index (χ3v) is 3.81. The Morgan fingerprint density at radius 1 is 1.24 bits per heavy atom. The number of nitrogens with one attached hydrogen (secondary N) is 1. The molecule has 0 amide bonds. The van der Waals surface area contributed by atoms with Gasteiger partial charge in [-0.15, -0.1) is 11.3 Å². The molecule has 0 unspecified atom stereocenters. The second-order valence-electron chi connectivity index (χ2n) is 4.49. The Balaban J connectivity index is 1.53. The second-order valence-corrected chi connectivity index (χ2v) is 5.52. The molecule has 0 spiro atoms. The summed E-state index contributed by atoms with van der Waals surface area (Å²) in [4.78, 5) is 1.22. The van der Waals surface area contributed by atoms with Crippen LogP contribution in [0.1, 0.15) is 10.4 Å². The Hall–Kier alpha value is -2.41. The monoisotopic (exact) mass is 301 g/mol. The largest absolute Gasteiger partial charge is 0.488 e. The van der Waals surface area contributed by atoms with Crippen molar-refractivity contribution in [2.24, 2.45) is 7.05 Å². The van der Waals surface area contributed by atoms with Gasteiger partial charge in [-0.25, -0.2) is 4.68 Å². The van der Waals surface area contributed by atoms with Crippen molar-refractivity contribution in [1.29, 1.82) is 0 Å². The number of thiophene rings is 1. The summed E-state index contributed by atoms with van der Waals surface area (Å²) < 4.78 is 7.32. The third kappa shape index (κ3) is 3.57. The summed E-state index contributed by atoms with van der Waals surface area (Å²) in [7, 11) is 1.80. The summed E-state index contributed by atoms with van der Waals surface area (Å²) in [6.07, 6.45) is 0. The van der Waals surface area contributed by atoms with Gasteiger partial charge in [0.05, 0.1) is 0 Å². The number of aromatic nitrogens is 4. The molecule has 21 heavy (non-hydrogen) atoms. The lowest BCUT2D eigenvalue weighted by Crippen LogP contribution is -2.05. The highest BCUT2D eigenvalue weighted by atomic mass is 32.1. The molecule has 1 aromatic carbocycles. The first-order valence-electron chi connectivity index (χ1n) is 6.51. The minimum Gasteiger partial charge on any atom is -0.488 e. The first-order chi connectivity index (χ1) is 10.3. The Labute approximate surface area is 126 Å². The number of aryl methyl sites for hydroxylation is 1. The van der Waals surface area contributed by atoms with Gasteiger partial charge in [-0.1, -0.05) is 23.3 Å². The summed E-state index contributed by atoms with van der Waals surface area (Å²) in [6, 6.07) is 12.1. The van der Waals surface area contributed by atoms with E-state index in [1.165, 1.54) is 4.88 Å².